The highest BCUT2D eigenvalue weighted by Gasteiger charge is 2.55. The van der Waals surface area contributed by atoms with Crippen LogP contribution < -0.4 is 15.1 Å². The normalized spacial score (nSPS) is 32.2. The van der Waals surface area contributed by atoms with Crippen LogP contribution in [0.15, 0.2) is 24.5 Å². The number of hydrogen-bond donors (Lipinski definition) is 2. The number of carbonyl (C=O) groups excluding carboxylic acids is 1. The molecular formula is C26H35ClN6O2. The molecule has 3 heterocycles. The van der Waals surface area contributed by atoms with Crippen molar-refractivity contribution in [3.05, 3.63) is 35.2 Å². The third-order valence-electron chi connectivity index (χ3n) is 9.07. The van der Waals surface area contributed by atoms with E-state index in [1.54, 1.807) is 10.9 Å². The molecule has 0 spiro atoms. The van der Waals surface area contributed by atoms with Crippen molar-refractivity contribution in [3.8, 4) is 0 Å². The number of piperidine rings is 1. The van der Waals surface area contributed by atoms with E-state index in [0.717, 1.165) is 69.5 Å². The molecule has 8 nitrogen and oxygen atoms in total. The first-order valence-corrected chi connectivity index (χ1v) is 13.3. The number of aromatic nitrogens is 3. The van der Waals surface area contributed by atoms with Gasteiger partial charge in [-0.1, -0.05) is 11.6 Å². The summed E-state index contributed by atoms with van der Waals surface area (Å²) in [4.78, 5) is 22.1. The Morgan fingerprint density at radius 2 is 1.94 bits per heavy atom. The van der Waals surface area contributed by atoms with Gasteiger partial charge in [0.25, 0.3) is 5.91 Å². The summed E-state index contributed by atoms with van der Waals surface area (Å²) in [7, 11) is 3.91. The molecule has 5 fully saturated rings. The maximum atomic E-state index is 13.3. The molecule has 4 saturated carbocycles. The van der Waals surface area contributed by atoms with E-state index in [0.29, 0.717) is 34.5 Å². The minimum Gasteiger partial charge on any atom is -0.390 e. The van der Waals surface area contributed by atoms with Gasteiger partial charge in [-0.25, -0.2) is 0 Å². The van der Waals surface area contributed by atoms with Crippen LogP contribution in [0.1, 0.15) is 55.4 Å². The third-order valence-corrected chi connectivity index (χ3v) is 9.42. The molecule has 2 aromatic heterocycles. The average molecular weight is 499 g/mol. The van der Waals surface area contributed by atoms with Crippen LogP contribution in [0.4, 0.5) is 11.5 Å². The number of hydrogen-bond acceptors (Lipinski definition) is 6. The zero-order valence-corrected chi connectivity index (χ0v) is 21.3. The first kappa shape index (κ1) is 23.1. The van der Waals surface area contributed by atoms with E-state index in [2.05, 4.69) is 31.3 Å². The standard InChI is InChI=1S/C26H35ClN6O2/c1-31(19-5-8-33(9-6-19)20-4-3-7-28-15-20)25-21(27)23(30-32(25)2)24(34)29-22-17-10-16-11-18(22)14-26(35,12-16)13-17/h3-4,7,15-19,22,35H,5-6,8-14H2,1-2H3,(H,29,34)/t16?,17?,18?,22-,26-. The van der Waals surface area contributed by atoms with Gasteiger partial charge >= 0.3 is 0 Å². The minimum absolute atomic E-state index is 0.107. The quantitative estimate of drug-likeness (QED) is 0.658. The maximum absolute atomic E-state index is 13.3. The summed E-state index contributed by atoms with van der Waals surface area (Å²) in [6, 6.07) is 4.50. The van der Waals surface area contributed by atoms with Crippen LogP contribution in [0.2, 0.25) is 5.02 Å². The summed E-state index contributed by atoms with van der Waals surface area (Å²) in [6.45, 7) is 1.89. The molecule has 1 saturated heterocycles. The molecule has 5 aliphatic rings. The second-order valence-corrected chi connectivity index (χ2v) is 11.7. The molecule has 0 aromatic carbocycles. The molecule has 2 atom stereocenters. The zero-order valence-electron chi connectivity index (χ0n) is 20.5. The number of pyridine rings is 1. The van der Waals surface area contributed by atoms with Crippen molar-refractivity contribution in [1.82, 2.24) is 20.1 Å². The van der Waals surface area contributed by atoms with Crippen LogP contribution in [0, 0.1) is 17.8 Å². The third kappa shape index (κ3) is 4.08. The van der Waals surface area contributed by atoms with E-state index < -0.39 is 5.60 Å². The Morgan fingerprint density at radius 3 is 2.57 bits per heavy atom. The lowest BCUT2D eigenvalue weighted by molar-refractivity contribution is -0.136. The molecule has 2 N–H and O–H groups in total. The van der Waals surface area contributed by atoms with Crippen molar-refractivity contribution in [2.75, 3.05) is 29.9 Å². The van der Waals surface area contributed by atoms with E-state index in [1.165, 1.54) is 0 Å². The van der Waals surface area contributed by atoms with Gasteiger partial charge in [-0.2, -0.15) is 5.10 Å². The molecule has 7 rings (SSSR count). The Bertz CT molecular complexity index is 1080. The second-order valence-electron chi connectivity index (χ2n) is 11.3. The fraction of sp³-hybridized carbons (Fsp3) is 0.654. The van der Waals surface area contributed by atoms with Gasteiger partial charge in [0, 0.05) is 45.5 Å². The SMILES string of the molecule is CN(c1c(Cl)c(C(=O)N[C@H]2C3CC4CC2C[C@](O)(C4)C3)nn1C)C1CCN(c2cccnc2)CC1. The van der Waals surface area contributed by atoms with Gasteiger partial charge in [0.05, 0.1) is 17.5 Å². The number of halogens is 1. The fourth-order valence-corrected chi connectivity index (χ4v) is 8.06. The van der Waals surface area contributed by atoms with E-state index in [1.807, 2.05) is 26.4 Å². The molecule has 9 heteroatoms. The van der Waals surface area contributed by atoms with Crippen molar-refractivity contribution in [2.45, 2.75) is 62.6 Å². The number of aliphatic hydroxyl groups is 1. The molecule has 2 aromatic rings. The number of rotatable bonds is 5. The molecule has 35 heavy (non-hydrogen) atoms. The number of amides is 1. The maximum Gasteiger partial charge on any atom is 0.273 e. The molecule has 0 radical (unpaired) electrons. The highest BCUT2D eigenvalue weighted by molar-refractivity contribution is 6.36. The minimum atomic E-state index is -0.511. The Morgan fingerprint density at radius 1 is 1.23 bits per heavy atom. The van der Waals surface area contributed by atoms with Gasteiger partial charge < -0.3 is 20.2 Å². The number of anilines is 2. The topological polar surface area (TPSA) is 86.5 Å². The lowest BCUT2D eigenvalue weighted by atomic mass is 9.52. The summed E-state index contributed by atoms with van der Waals surface area (Å²) >= 11 is 6.81. The van der Waals surface area contributed by atoms with E-state index >= 15 is 0 Å². The van der Waals surface area contributed by atoms with Gasteiger partial charge in [-0.3, -0.25) is 14.5 Å². The highest BCUT2D eigenvalue weighted by Crippen LogP contribution is 2.55. The predicted octanol–water partition coefficient (Wildman–Crippen LogP) is 3.24. The molecule has 4 aliphatic carbocycles. The highest BCUT2D eigenvalue weighted by atomic mass is 35.5. The lowest BCUT2D eigenvalue weighted by Gasteiger charge is -2.58. The summed E-state index contributed by atoms with van der Waals surface area (Å²) < 4.78 is 1.74. The van der Waals surface area contributed by atoms with Crippen molar-refractivity contribution in [3.63, 3.8) is 0 Å². The summed E-state index contributed by atoms with van der Waals surface area (Å²) in [6.07, 6.45) is 10.4. The van der Waals surface area contributed by atoms with Gasteiger partial charge in [0.15, 0.2) is 5.69 Å². The molecule has 2 unspecified atom stereocenters. The van der Waals surface area contributed by atoms with Gasteiger partial charge in [-0.15, -0.1) is 0 Å². The van der Waals surface area contributed by atoms with Crippen LogP contribution >= 0.6 is 11.6 Å². The van der Waals surface area contributed by atoms with E-state index in [-0.39, 0.29) is 11.9 Å². The Labute approximate surface area is 211 Å². The zero-order chi connectivity index (χ0) is 24.3. The predicted molar refractivity (Wildman–Crippen MR) is 136 cm³/mol. The Hall–Kier alpha value is -2.32. The van der Waals surface area contributed by atoms with Crippen molar-refractivity contribution >= 4 is 29.0 Å². The van der Waals surface area contributed by atoms with Gasteiger partial charge in [0.2, 0.25) is 0 Å². The summed E-state index contributed by atoms with van der Waals surface area (Å²) in [5, 5.41) is 19.1. The number of nitrogens with zero attached hydrogens (tertiary/aromatic N) is 5. The van der Waals surface area contributed by atoms with Crippen molar-refractivity contribution < 1.29 is 9.90 Å². The second kappa shape index (κ2) is 8.66. The average Bonchev–Trinajstić information content (AvgIpc) is 3.14. The van der Waals surface area contributed by atoms with E-state index in [9.17, 15) is 9.90 Å². The number of aryl methyl sites for hydroxylation is 1. The van der Waals surface area contributed by atoms with E-state index in [4.69, 9.17) is 11.6 Å². The van der Waals surface area contributed by atoms with Crippen molar-refractivity contribution in [1.29, 1.82) is 0 Å². The van der Waals surface area contributed by atoms with Crippen molar-refractivity contribution in [2.24, 2.45) is 24.8 Å². The summed E-state index contributed by atoms with van der Waals surface area (Å²) in [5.41, 5.74) is 0.947. The first-order chi connectivity index (χ1) is 16.8. The molecule has 188 valence electrons. The lowest BCUT2D eigenvalue weighted by Crippen LogP contribution is -2.61. The van der Waals surface area contributed by atoms with Crippen LogP contribution in [0.3, 0.4) is 0 Å². The first-order valence-electron chi connectivity index (χ1n) is 12.9. The number of carbonyl (C=O) groups is 1. The largest absolute Gasteiger partial charge is 0.390 e. The monoisotopic (exact) mass is 498 g/mol. The molecular weight excluding hydrogens is 464 g/mol. The van der Waals surface area contributed by atoms with Crippen LogP contribution in [0.5, 0.6) is 0 Å². The van der Waals surface area contributed by atoms with Crippen LogP contribution in [-0.4, -0.2) is 63.6 Å². The fourth-order valence-electron chi connectivity index (χ4n) is 7.68. The Balaban J connectivity index is 1.13. The molecule has 4 bridgehead atoms. The smallest absolute Gasteiger partial charge is 0.273 e. The summed E-state index contributed by atoms with van der Waals surface area (Å²) in [5.74, 6) is 1.90. The Kier molecular flexibility index (Phi) is 5.72. The molecule has 1 amide bonds. The van der Waals surface area contributed by atoms with Gasteiger partial charge in [-0.05, 0) is 74.8 Å². The molecule has 1 aliphatic heterocycles. The van der Waals surface area contributed by atoms with Crippen LogP contribution in [-0.2, 0) is 7.05 Å². The van der Waals surface area contributed by atoms with Gasteiger partial charge in [0.1, 0.15) is 10.8 Å². The van der Waals surface area contributed by atoms with Crippen LogP contribution in [0.25, 0.3) is 0 Å². The number of nitrogens with one attached hydrogen (secondary N) is 1.